The van der Waals surface area contributed by atoms with Crippen molar-refractivity contribution in [2.45, 2.75) is 32.4 Å². The molecule has 1 aromatic rings. The Labute approximate surface area is 114 Å². The lowest BCUT2D eigenvalue weighted by Crippen LogP contribution is -2.46. The summed E-state index contributed by atoms with van der Waals surface area (Å²) in [5.41, 5.74) is 0.941. The quantitative estimate of drug-likeness (QED) is 0.845. The molecule has 1 heterocycles. The average molecular weight is 263 g/mol. The highest BCUT2D eigenvalue weighted by Gasteiger charge is 2.28. The first-order valence-corrected chi connectivity index (χ1v) is 6.73. The lowest BCUT2D eigenvalue weighted by atomic mass is 9.93. The van der Waals surface area contributed by atoms with E-state index in [0.29, 0.717) is 12.5 Å². The largest absolute Gasteiger partial charge is 0.497 e. The third kappa shape index (κ3) is 3.70. The molecule has 1 aliphatic rings. The zero-order valence-corrected chi connectivity index (χ0v) is 11.5. The van der Waals surface area contributed by atoms with Gasteiger partial charge in [0.15, 0.2) is 0 Å². The van der Waals surface area contributed by atoms with Gasteiger partial charge in [-0.1, -0.05) is 19.1 Å². The van der Waals surface area contributed by atoms with Crippen LogP contribution in [0.25, 0.3) is 0 Å². The van der Waals surface area contributed by atoms with Gasteiger partial charge in [-0.15, -0.1) is 0 Å². The fourth-order valence-electron chi connectivity index (χ4n) is 2.37. The lowest BCUT2D eigenvalue weighted by molar-refractivity contribution is -0.149. The van der Waals surface area contributed by atoms with Gasteiger partial charge in [0.1, 0.15) is 18.4 Å². The van der Waals surface area contributed by atoms with Gasteiger partial charge in [0.05, 0.1) is 7.11 Å². The SMILES string of the molecule is COc1cccc(COC(=O)C2NCCCC2C)c1. The highest BCUT2D eigenvalue weighted by molar-refractivity contribution is 5.76. The summed E-state index contributed by atoms with van der Waals surface area (Å²) >= 11 is 0. The van der Waals surface area contributed by atoms with Crippen molar-refractivity contribution in [2.24, 2.45) is 5.92 Å². The molecule has 1 N–H and O–H groups in total. The van der Waals surface area contributed by atoms with Crippen LogP contribution in [-0.2, 0) is 16.1 Å². The maximum Gasteiger partial charge on any atom is 0.323 e. The van der Waals surface area contributed by atoms with Crippen LogP contribution in [0.1, 0.15) is 25.3 Å². The van der Waals surface area contributed by atoms with E-state index < -0.39 is 0 Å². The minimum atomic E-state index is -0.167. The minimum Gasteiger partial charge on any atom is -0.497 e. The molecule has 0 amide bonds. The second-order valence-electron chi connectivity index (χ2n) is 5.01. The molecule has 1 saturated heterocycles. The van der Waals surface area contributed by atoms with Crippen molar-refractivity contribution >= 4 is 5.97 Å². The topological polar surface area (TPSA) is 47.6 Å². The van der Waals surface area contributed by atoms with Crippen molar-refractivity contribution in [1.29, 1.82) is 0 Å². The smallest absolute Gasteiger partial charge is 0.323 e. The summed E-state index contributed by atoms with van der Waals surface area (Å²) in [6.45, 7) is 3.27. The van der Waals surface area contributed by atoms with Crippen molar-refractivity contribution in [3.05, 3.63) is 29.8 Å². The van der Waals surface area contributed by atoms with Crippen molar-refractivity contribution < 1.29 is 14.3 Å². The van der Waals surface area contributed by atoms with Gasteiger partial charge in [-0.2, -0.15) is 0 Å². The molecule has 2 unspecified atom stereocenters. The van der Waals surface area contributed by atoms with Crippen LogP contribution in [0.3, 0.4) is 0 Å². The van der Waals surface area contributed by atoms with Crippen molar-refractivity contribution in [3.8, 4) is 5.75 Å². The second kappa shape index (κ2) is 6.57. The number of hydrogen-bond donors (Lipinski definition) is 1. The molecule has 0 radical (unpaired) electrons. The summed E-state index contributed by atoms with van der Waals surface area (Å²) in [7, 11) is 1.62. The zero-order valence-electron chi connectivity index (χ0n) is 11.5. The Morgan fingerprint density at radius 2 is 2.32 bits per heavy atom. The van der Waals surface area contributed by atoms with E-state index in [0.717, 1.165) is 30.7 Å². The minimum absolute atomic E-state index is 0.157. The molecular formula is C15H21NO3. The average Bonchev–Trinajstić information content (AvgIpc) is 2.45. The van der Waals surface area contributed by atoms with E-state index in [1.165, 1.54) is 0 Å². The van der Waals surface area contributed by atoms with Crippen LogP contribution in [-0.4, -0.2) is 25.7 Å². The van der Waals surface area contributed by atoms with E-state index in [1.54, 1.807) is 7.11 Å². The standard InChI is InChI=1S/C15H21NO3/c1-11-5-4-8-16-14(11)15(17)19-10-12-6-3-7-13(9-12)18-2/h3,6-7,9,11,14,16H,4-5,8,10H2,1-2H3. The third-order valence-corrected chi connectivity index (χ3v) is 3.54. The van der Waals surface area contributed by atoms with Gasteiger partial charge < -0.3 is 14.8 Å². The molecule has 1 fully saturated rings. The molecule has 19 heavy (non-hydrogen) atoms. The summed E-state index contributed by atoms with van der Waals surface area (Å²) in [4.78, 5) is 12.0. The molecular weight excluding hydrogens is 242 g/mol. The first kappa shape index (κ1) is 13.9. The Balaban J connectivity index is 1.88. The normalized spacial score (nSPS) is 22.8. The third-order valence-electron chi connectivity index (χ3n) is 3.54. The van der Waals surface area contributed by atoms with Gasteiger partial charge in [0.2, 0.25) is 0 Å². The van der Waals surface area contributed by atoms with Crippen LogP contribution in [0.4, 0.5) is 0 Å². The number of carbonyl (C=O) groups excluding carboxylic acids is 1. The zero-order chi connectivity index (χ0) is 13.7. The van der Waals surface area contributed by atoms with Gasteiger partial charge >= 0.3 is 5.97 Å². The summed E-state index contributed by atoms with van der Waals surface area (Å²) < 4.78 is 10.5. The molecule has 1 aliphatic heterocycles. The first-order chi connectivity index (χ1) is 9.20. The van der Waals surface area contributed by atoms with Gasteiger partial charge in [0.25, 0.3) is 0 Å². The Kier molecular flexibility index (Phi) is 4.80. The van der Waals surface area contributed by atoms with Crippen molar-refractivity contribution in [2.75, 3.05) is 13.7 Å². The summed E-state index contributed by atoms with van der Waals surface area (Å²) in [5, 5.41) is 3.23. The van der Waals surface area contributed by atoms with Crippen LogP contribution >= 0.6 is 0 Å². The molecule has 0 spiro atoms. The number of benzene rings is 1. The van der Waals surface area contributed by atoms with E-state index in [4.69, 9.17) is 9.47 Å². The Morgan fingerprint density at radius 1 is 1.47 bits per heavy atom. The molecule has 4 nitrogen and oxygen atoms in total. The van der Waals surface area contributed by atoms with Crippen LogP contribution in [0, 0.1) is 5.92 Å². The molecule has 0 aliphatic carbocycles. The van der Waals surface area contributed by atoms with Crippen LogP contribution in [0.15, 0.2) is 24.3 Å². The lowest BCUT2D eigenvalue weighted by Gasteiger charge is -2.28. The highest BCUT2D eigenvalue weighted by atomic mass is 16.5. The summed E-state index contributed by atoms with van der Waals surface area (Å²) in [5.74, 6) is 0.958. The predicted octanol–water partition coefficient (Wildman–Crippen LogP) is 2.13. The number of rotatable bonds is 4. The molecule has 2 atom stereocenters. The number of esters is 1. The van der Waals surface area contributed by atoms with E-state index in [2.05, 4.69) is 12.2 Å². The number of carbonyl (C=O) groups is 1. The van der Waals surface area contributed by atoms with Gasteiger partial charge in [-0.05, 0) is 43.0 Å². The monoisotopic (exact) mass is 263 g/mol. The van der Waals surface area contributed by atoms with Crippen LogP contribution < -0.4 is 10.1 Å². The molecule has 1 aromatic carbocycles. The number of hydrogen-bond acceptors (Lipinski definition) is 4. The number of nitrogens with one attached hydrogen (secondary N) is 1. The Morgan fingerprint density at radius 3 is 3.05 bits per heavy atom. The van der Waals surface area contributed by atoms with Crippen LogP contribution in [0.5, 0.6) is 5.75 Å². The molecule has 104 valence electrons. The van der Waals surface area contributed by atoms with E-state index in [-0.39, 0.29) is 12.0 Å². The van der Waals surface area contributed by atoms with Gasteiger partial charge in [-0.3, -0.25) is 4.79 Å². The highest BCUT2D eigenvalue weighted by Crippen LogP contribution is 2.18. The number of ether oxygens (including phenoxy) is 2. The predicted molar refractivity (Wildman–Crippen MR) is 73.0 cm³/mol. The van der Waals surface area contributed by atoms with Crippen LogP contribution in [0.2, 0.25) is 0 Å². The maximum atomic E-state index is 12.0. The Bertz CT molecular complexity index is 433. The number of piperidine rings is 1. The van der Waals surface area contributed by atoms with Gasteiger partial charge in [0, 0.05) is 0 Å². The molecule has 0 bridgehead atoms. The van der Waals surface area contributed by atoms with Gasteiger partial charge in [-0.25, -0.2) is 0 Å². The molecule has 4 heteroatoms. The van der Waals surface area contributed by atoms with E-state index >= 15 is 0 Å². The second-order valence-corrected chi connectivity index (χ2v) is 5.01. The summed E-state index contributed by atoms with van der Waals surface area (Å²) in [6, 6.07) is 7.40. The van der Waals surface area contributed by atoms with E-state index in [9.17, 15) is 4.79 Å². The fourth-order valence-corrected chi connectivity index (χ4v) is 2.37. The number of methoxy groups -OCH3 is 1. The van der Waals surface area contributed by atoms with Crippen molar-refractivity contribution in [3.63, 3.8) is 0 Å². The molecule has 0 aromatic heterocycles. The van der Waals surface area contributed by atoms with E-state index in [1.807, 2.05) is 24.3 Å². The Hall–Kier alpha value is -1.55. The molecule has 2 rings (SSSR count). The first-order valence-electron chi connectivity index (χ1n) is 6.73. The maximum absolute atomic E-state index is 12.0. The molecule has 0 saturated carbocycles. The summed E-state index contributed by atoms with van der Waals surface area (Å²) in [6.07, 6.45) is 2.20. The fraction of sp³-hybridized carbons (Fsp3) is 0.533. The van der Waals surface area contributed by atoms with Crippen molar-refractivity contribution in [1.82, 2.24) is 5.32 Å².